The standard InChI is InChI=1S/C11H16N2.C10H12/c12-7-9-3-1-2-4-10(9)8-13-11-5-6-11;1-2-3-7-10-8-5-4-6-9-10/h1-4,11,13H,5-8,12H2;3-9H,2H2,1H3/b;7-3-. The Bertz CT molecular complexity index is 586. The molecule has 0 heterocycles. The van der Waals surface area contributed by atoms with Crippen LogP contribution in [-0.2, 0) is 13.1 Å². The SMILES string of the molecule is CC/C=C\c1ccccc1.NCc1ccccc1CNC1CC1. The summed E-state index contributed by atoms with van der Waals surface area (Å²) < 4.78 is 0. The van der Waals surface area contributed by atoms with E-state index in [2.05, 4.69) is 66.9 Å². The van der Waals surface area contributed by atoms with Crippen LogP contribution < -0.4 is 11.1 Å². The van der Waals surface area contributed by atoms with Gasteiger partial charge < -0.3 is 11.1 Å². The Kier molecular flexibility index (Phi) is 7.58. The van der Waals surface area contributed by atoms with Crippen molar-refractivity contribution < 1.29 is 0 Å². The van der Waals surface area contributed by atoms with Gasteiger partial charge in [-0.15, -0.1) is 0 Å². The van der Waals surface area contributed by atoms with E-state index < -0.39 is 0 Å². The van der Waals surface area contributed by atoms with Crippen LogP contribution in [0.3, 0.4) is 0 Å². The summed E-state index contributed by atoms with van der Waals surface area (Å²) in [5.41, 5.74) is 9.53. The molecule has 122 valence electrons. The molecule has 0 amide bonds. The summed E-state index contributed by atoms with van der Waals surface area (Å²) >= 11 is 0. The van der Waals surface area contributed by atoms with E-state index in [-0.39, 0.29) is 0 Å². The maximum atomic E-state index is 5.64. The molecule has 0 unspecified atom stereocenters. The van der Waals surface area contributed by atoms with E-state index in [1.54, 1.807) is 0 Å². The van der Waals surface area contributed by atoms with E-state index in [0.29, 0.717) is 6.54 Å². The third kappa shape index (κ3) is 6.81. The van der Waals surface area contributed by atoms with Gasteiger partial charge in [0.25, 0.3) is 0 Å². The summed E-state index contributed by atoms with van der Waals surface area (Å²) in [5.74, 6) is 0. The lowest BCUT2D eigenvalue weighted by atomic mass is 10.1. The van der Waals surface area contributed by atoms with Gasteiger partial charge in [-0.2, -0.15) is 0 Å². The van der Waals surface area contributed by atoms with Crippen molar-refractivity contribution in [2.24, 2.45) is 5.73 Å². The normalized spacial score (nSPS) is 13.7. The van der Waals surface area contributed by atoms with Crippen molar-refractivity contribution in [2.75, 3.05) is 0 Å². The Morgan fingerprint density at radius 2 is 1.65 bits per heavy atom. The first-order valence-electron chi connectivity index (χ1n) is 8.55. The smallest absolute Gasteiger partial charge is 0.0211 e. The fraction of sp³-hybridized carbons (Fsp3) is 0.333. The van der Waals surface area contributed by atoms with Gasteiger partial charge in [-0.25, -0.2) is 0 Å². The molecule has 0 radical (unpaired) electrons. The van der Waals surface area contributed by atoms with Gasteiger partial charge in [-0.1, -0.05) is 73.7 Å². The molecule has 0 aliphatic heterocycles. The van der Waals surface area contributed by atoms with Crippen LogP contribution in [0.4, 0.5) is 0 Å². The van der Waals surface area contributed by atoms with Crippen molar-refractivity contribution in [2.45, 2.75) is 45.3 Å². The Morgan fingerprint density at radius 1 is 1.00 bits per heavy atom. The maximum Gasteiger partial charge on any atom is 0.0211 e. The summed E-state index contributed by atoms with van der Waals surface area (Å²) in [5, 5.41) is 3.49. The highest BCUT2D eigenvalue weighted by Crippen LogP contribution is 2.19. The molecule has 0 atom stereocenters. The Hall–Kier alpha value is -1.90. The van der Waals surface area contributed by atoms with Crippen LogP contribution in [0.5, 0.6) is 0 Å². The number of nitrogens with two attached hydrogens (primary N) is 1. The molecule has 0 spiro atoms. The number of allylic oxidation sites excluding steroid dienone is 1. The molecule has 3 N–H and O–H groups in total. The third-order valence-corrected chi connectivity index (χ3v) is 3.84. The van der Waals surface area contributed by atoms with Crippen LogP contribution in [0, 0.1) is 0 Å². The summed E-state index contributed by atoms with van der Waals surface area (Å²) in [6.07, 6.45) is 8.08. The first kappa shape index (κ1) is 17.5. The van der Waals surface area contributed by atoms with Gasteiger partial charge in [-0.3, -0.25) is 0 Å². The maximum absolute atomic E-state index is 5.64. The topological polar surface area (TPSA) is 38.0 Å². The number of hydrogen-bond donors (Lipinski definition) is 2. The lowest BCUT2D eigenvalue weighted by Gasteiger charge is -2.07. The zero-order chi connectivity index (χ0) is 16.3. The Morgan fingerprint density at radius 3 is 2.26 bits per heavy atom. The second-order valence-corrected chi connectivity index (χ2v) is 5.85. The first-order valence-corrected chi connectivity index (χ1v) is 8.55. The zero-order valence-corrected chi connectivity index (χ0v) is 14.0. The molecule has 3 rings (SSSR count). The van der Waals surface area contributed by atoms with Crippen LogP contribution in [0.15, 0.2) is 60.7 Å². The second-order valence-electron chi connectivity index (χ2n) is 5.85. The molecule has 1 aliphatic rings. The molecule has 0 saturated heterocycles. The summed E-state index contributed by atoms with van der Waals surface area (Å²) in [6, 6.07) is 19.5. The Labute approximate surface area is 140 Å². The van der Waals surface area contributed by atoms with Crippen LogP contribution in [-0.4, -0.2) is 6.04 Å². The highest BCUT2D eigenvalue weighted by Gasteiger charge is 2.20. The summed E-state index contributed by atoms with van der Waals surface area (Å²) in [6.45, 7) is 3.75. The molecule has 2 aromatic carbocycles. The average molecular weight is 308 g/mol. The van der Waals surface area contributed by atoms with Gasteiger partial charge >= 0.3 is 0 Å². The third-order valence-electron chi connectivity index (χ3n) is 3.84. The molecule has 0 bridgehead atoms. The van der Waals surface area contributed by atoms with Crippen molar-refractivity contribution in [3.05, 3.63) is 77.4 Å². The first-order chi connectivity index (χ1) is 11.3. The zero-order valence-electron chi connectivity index (χ0n) is 14.0. The van der Waals surface area contributed by atoms with Crippen molar-refractivity contribution in [1.29, 1.82) is 0 Å². The minimum absolute atomic E-state index is 0.641. The molecule has 2 nitrogen and oxygen atoms in total. The molecule has 0 aromatic heterocycles. The molecular formula is C21H28N2. The van der Waals surface area contributed by atoms with Crippen molar-refractivity contribution >= 4 is 6.08 Å². The largest absolute Gasteiger partial charge is 0.326 e. The van der Waals surface area contributed by atoms with Crippen molar-refractivity contribution in [1.82, 2.24) is 5.32 Å². The summed E-state index contributed by atoms with van der Waals surface area (Å²) in [4.78, 5) is 0. The highest BCUT2D eigenvalue weighted by molar-refractivity contribution is 5.48. The molecule has 2 heteroatoms. The van der Waals surface area contributed by atoms with Crippen molar-refractivity contribution in [3.8, 4) is 0 Å². The van der Waals surface area contributed by atoms with E-state index in [1.807, 2.05) is 12.1 Å². The fourth-order valence-corrected chi connectivity index (χ4v) is 2.29. The quantitative estimate of drug-likeness (QED) is 0.824. The van der Waals surface area contributed by atoms with Crippen molar-refractivity contribution in [3.63, 3.8) is 0 Å². The van der Waals surface area contributed by atoms with E-state index >= 15 is 0 Å². The number of benzene rings is 2. The van der Waals surface area contributed by atoms with Gasteiger partial charge in [0.1, 0.15) is 0 Å². The predicted octanol–water partition coefficient (Wildman–Crippen LogP) is 4.51. The summed E-state index contributed by atoms with van der Waals surface area (Å²) in [7, 11) is 0. The van der Waals surface area contributed by atoms with E-state index in [1.165, 1.54) is 29.5 Å². The monoisotopic (exact) mass is 308 g/mol. The molecule has 1 fully saturated rings. The number of nitrogens with one attached hydrogen (secondary N) is 1. The van der Waals surface area contributed by atoms with Gasteiger partial charge in [-0.05, 0) is 36.0 Å². The van der Waals surface area contributed by atoms with Crippen LogP contribution in [0.1, 0.15) is 42.9 Å². The van der Waals surface area contributed by atoms with Crippen LogP contribution >= 0.6 is 0 Å². The minimum atomic E-state index is 0.641. The van der Waals surface area contributed by atoms with Gasteiger partial charge in [0.05, 0.1) is 0 Å². The van der Waals surface area contributed by atoms with Crippen LogP contribution in [0.2, 0.25) is 0 Å². The number of rotatable bonds is 6. The lowest BCUT2D eigenvalue weighted by molar-refractivity contribution is 0.682. The van der Waals surface area contributed by atoms with E-state index in [9.17, 15) is 0 Å². The van der Waals surface area contributed by atoms with Crippen LogP contribution in [0.25, 0.3) is 6.08 Å². The number of hydrogen-bond acceptors (Lipinski definition) is 2. The average Bonchev–Trinajstić information content (AvgIpc) is 3.44. The minimum Gasteiger partial charge on any atom is -0.326 e. The fourth-order valence-electron chi connectivity index (χ4n) is 2.29. The highest BCUT2D eigenvalue weighted by atomic mass is 14.9. The second kappa shape index (κ2) is 9.98. The van der Waals surface area contributed by atoms with Gasteiger partial charge in [0.2, 0.25) is 0 Å². The van der Waals surface area contributed by atoms with Gasteiger partial charge in [0, 0.05) is 19.1 Å². The predicted molar refractivity (Wildman–Crippen MR) is 100.0 cm³/mol. The molecular weight excluding hydrogens is 280 g/mol. The lowest BCUT2D eigenvalue weighted by Crippen LogP contribution is -2.17. The van der Waals surface area contributed by atoms with E-state index in [0.717, 1.165) is 19.0 Å². The van der Waals surface area contributed by atoms with Gasteiger partial charge in [0.15, 0.2) is 0 Å². The molecule has 1 aliphatic carbocycles. The molecule has 1 saturated carbocycles. The molecule has 23 heavy (non-hydrogen) atoms. The Balaban J connectivity index is 0.000000174. The van der Waals surface area contributed by atoms with E-state index in [4.69, 9.17) is 5.73 Å². The molecule has 2 aromatic rings.